The van der Waals surface area contributed by atoms with Crippen molar-refractivity contribution in [3.8, 4) is 0 Å². The third kappa shape index (κ3) is 33.4. The fraction of sp³-hybridized carbons (Fsp3) is 0.842. The van der Waals surface area contributed by atoms with E-state index in [1.54, 1.807) is 0 Å². The van der Waals surface area contributed by atoms with E-state index < -0.39 is 58.4 Å². The van der Waals surface area contributed by atoms with E-state index in [9.17, 15) is 29.3 Å². The summed E-state index contributed by atoms with van der Waals surface area (Å²) in [5, 5.41) is 19.0. The Labute approximate surface area is 298 Å². The lowest BCUT2D eigenvalue weighted by Gasteiger charge is -2.20. The van der Waals surface area contributed by atoms with E-state index in [0.29, 0.717) is 12.8 Å². The van der Waals surface area contributed by atoms with Crippen LogP contribution < -0.4 is 0 Å². The van der Waals surface area contributed by atoms with E-state index in [-0.39, 0.29) is 12.8 Å². The van der Waals surface area contributed by atoms with Crippen molar-refractivity contribution in [2.45, 2.75) is 180 Å². The first kappa shape index (κ1) is 47.4. The standard InChI is InChI=1S/C38H71O10P/c1-3-5-7-9-10-11-12-13-14-15-16-17-18-19-20-21-22-23-24-26-28-30-38(42)48-36(32-40)34-46-49(43,44)45-33-35(31-39)47-37(41)29-27-25-8-6-4-2/h12-13,15-16,35-36,39-40H,3-11,14,17-34H2,1-2H3,(H,43,44)/b13-12-,16-15-. The summed E-state index contributed by atoms with van der Waals surface area (Å²) >= 11 is 0. The van der Waals surface area contributed by atoms with Gasteiger partial charge in [0, 0.05) is 12.8 Å². The second-order valence-electron chi connectivity index (χ2n) is 12.9. The lowest BCUT2D eigenvalue weighted by molar-refractivity contribution is -0.153. The molecular weight excluding hydrogens is 647 g/mol. The molecule has 49 heavy (non-hydrogen) atoms. The van der Waals surface area contributed by atoms with Gasteiger partial charge in [0.2, 0.25) is 0 Å². The Morgan fingerprint density at radius 3 is 1.27 bits per heavy atom. The number of carbonyl (C=O) groups excluding carboxylic acids is 2. The molecule has 288 valence electrons. The van der Waals surface area contributed by atoms with Crippen LogP contribution in [0.4, 0.5) is 0 Å². The number of carbonyl (C=O) groups is 2. The summed E-state index contributed by atoms with van der Waals surface area (Å²) < 4.78 is 32.2. The first-order valence-corrected chi connectivity index (χ1v) is 20.8. The normalized spacial score (nSPS) is 14.3. The molecule has 0 spiro atoms. The highest BCUT2D eigenvalue weighted by atomic mass is 31.2. The van der Waals surface area contributed by atoms with E-state index in [0.717, 1.165) is 57.8 Å². The molecule has 0 aliphatic heterocycles. The Kier molecular flexibility index (Phi) is 33.8. The Hall–Kier alpha value is -1.55. The van der Waals surface area contributed by atoms with E-state index in [1.165, 1.54) is 70.6 Å². The largest absolute Gasteiger partial charge is 0.472 e. The highest BCUT2D eigenvalue weighted by Crippen LogP contribution is 2.43. The van der Waals surface area contributed by atoms with E-state index in [2.05, 4.69) is 38.2 Å². The van der Waals surface area contributed by atoms with Crippen molar-refractivity contribution in [1.29, 1.82) is 0 Å². The molecule has 0 aliphatic rings. The monoisotopic (exact) mass is 718 g/mol. The molecule has 3 atom stereocenters. The van der Waals surface area contributed by atoms with E-state index >= 15 is 0 Å². The molecule has 11 heteroatoms. The molecule has 10 nitrogen and oxygen atoms in total. The van der Waals surface area contributed by atoms with Gasteiger partial charge in [-0.3, -0.25) is 18.6 Å². The molecular formula is C38H71O10P. The highest BCUT2D eigenvalue weighted by molar-refractivity contribution is 7.47. The highest BCUT2D eigenvalue weighted by Gasteiger charge is 2.27. The Morgan fingerprint density at radius 1 is 0.551 bits per heavy atom. The SMILES string of the molecule is CCCCCCC/C=C\C/C=C\CCCCCCCCCCCC(=O)OC(CO)COP(=O)(O)OCC(CO)OC(=O)CCCCCCC. The van der Waals surface area contributed by atoms with Gasteiger partial charge in [-0.05, 0) is 44.9 Å². The number of aliphatic hydroxyl groups excluding tert-OH is 2. The maximum absolute atomic E-state index is 12.2. The summed E-state index contributed by atoms with van der Waals surface area (Å²) in [6.07, 6.45) is 32.1. The van der Waals surface area contributed by atoms with Gasteiger partial charge in [-0.15, -0.1) is 0 Å². The molecule has 0 fully saturated rings. The molecule has 3 N–H and O–H groups in total. The molecule has 0 radical (unpaired) electrons. The second-order valence-corrected chi connectivity index (χ2v) is 14.4. The van der Waals surface area contributed by atoms with Crippen LogP contribution in [0.25, 0.3) is 0 Å². The smallest absolute Gasteiger partial charge is 0.457 e. The van der Waals surface area contributed by atoms with Gasteiger partial charge < -0.3 is 24.6 Å². The first-order valence-electron chi connectivity index (χ1n) is 19.3. The van der Waals surface area contributed by atoms with Gasteiger partial charge >= 0.3 is 19.8 Å². The van der Waals surface area contributed by atoms with Crippen molar-refractivity contribution in [2.75, 3.05) is 26.4 Å². The summed E-state index contributed by atoms with van der Waals surface area (Å²) in [4.78, 5) is 34.1. The number of ether oxygens (including phenoxy) is 2. The molecule has 0 aliphatic carbocycles. The lowest BCUT2D eigenvalue weighted by atomic mass is 10.1. The second kappa shape index (κ2) is 34.9. The van der Waals surface area contributed by atoms with Crippen molar-refractivity contribution in [2.24, 2.45) is 0 Å². The lowest BCUT2D eigenvalue weighted by Crippen LogP contribution is -2.28. The zero-order chi connectivity index (χ0) is 36.3. The van der Waals surface area contributed by atoms with Crippen LogP contribution in [-0.2, 0) is 32.7 Å². The van der Waals surface area contributed by atoms with Gasteiger partial charge in [-0.25, -0.2) is 4.57 Å². The summed E-state index contributed by atoms with van der Waals surface area (Å²) in [7, 11) is -4.62. The van der Waals surface area contributed by atoms with Crippen molar-refractivity contribution in [3.05, 3.63) is 24.3 Å². The minimum absolute atomic E-state index is 0.188. The van der Waals surface area contributed by atoms with Crippen LogP contribution in [0.1, 0.15) is 168 Å². The fourth-order valence-electron chi connectivity index (χ4n) is 5.14. The van der Waals surface area contributed by atoms with Crippen LogP contribution in [0.5, 0.6) is 0 Å². The number of rotatable bonds is 36. The predicted octanol–water partition coefficient (Wildman–Crippen LogP) is 9.44. The van der Waals surface area contributed by atoms with Crippen LogP contribution >= 0.6 is 7.82 Å². The van der Waals surface area contributed by atoms with Crippen LogP contribution in [-0.4, -0.2) is 65.7 Å². The summed E-state index contributed by atoms with van der Waals surface area (Å²) in [6.45, 7) is 2.07. The van der Waals surface area contributed by atoms with Crippen molar-refractivity contribution >= 4 is 19.8 Å². The van der Waals surface area contributed by atoms with Crippen molar-refractivity contribution in [1.82, 2.24) is 0 Å². The van der Waals surface area contributed by atoms with Crippen LogP contribution in [0, 0.1) is 0 Å². The third-order valence-corrected chi connectivity index (χ3v) is 9.12. The van der Waals surface area contributed by atoms with Gasteiger partial charge in [0.15, 0.2) is 0 Å². The zero-order valence-electron chi connectivity index (χ0n) is 30.9. The number of hydrogen-bond donors (Lipinski definition) is 3. The average Bonchev–Trinajstić information content (AvgIpc) is 3.09. The molecule has 0 saturated heterocycles. The molecule has 3 unspecified atom stereocenters. The molecule has 0 aromatic heterocycles. The minimum Gasteiger partial charge on any atom is -0.457 e. The minimum atomic E-state index is -4.62. The summed E-state index contributed by atoms with van der Waals surface area (Å²) in [5.74, 6) is -1.03. The molecule has 0 rings (SSSR count). The van der Waals surface area contributed by atoms with Gasteiger partial charge in [0.1, 0.15) is 12.2 Å². The zero-order valence-corrected chi connectivity index (χ0v) is 31.8. The molecule has 0 aromatic rings. The van der Waals surface area contributed by atoms with E-state index in [4.69, 9.17) is 18.5 Å². The average molecular weight is 719 g/mol. The van der Waals surface area contributed by atoms with Crippen LogP contribution in [0.15, 0.2) is 24.3 Å². The maximum atomic E-state index is 12.2. The Balaban J connectivity index is 3.85. The van der Waals surface area contributed by atoms with Crippen LogP contribution in [0.3, 0.4) is 0 Å². The Morgan fingerprint density at radius 2 is 0.898 bits per heavy atom. The number of phosphoric ester groups is 1. The molecule has 0 amide bonds. The molecule has 0 saturated carbocycles. The quantitative estimate of drug-likeness (QED) is 0.0248. The number of unbranched alkanes of at least 4 members (excludes halogenated alkanes) is 18. The van der Waals surface area contributed by atoms with Gasteiger partial charge in [0.25, 0.3) is 0 Å². The van der Waals surface area contributed by atoms with Gasteiger partial charge in [-0.1, -0.05) is 134 Å². The van der Waals surface area contributed by atoms with Gasteiger partial charge in [-0.2, -0.15) is 0 Å². The fourth-order valence-corrected chi connectivity index (χ4v) is 5.93. The molecule has 0 aromatic carbocycles. The number of aliphatic hydroxyl groups is 2. The third-order valence-electron chi connectivity index (χ3n) is 8.17. The van der Waals surface area contributed by atoms with Crippen molar-refractivity contribution < 1.29 is 47.8 Å². The number of allylic oxidation sites excluding steroid dienone is 4. The molecule has 0 heterocycles. The summed E-state index contributed by atoms with van der Waals surface area (Å²) in [5.41, 5.74) is 0. The first-order chi connectivity index (χ1) is 23.8. The van der Waals surface area contributed by atoms with Crippen molar-refractivity contribution in [3.63, 3.8) is 0 Å². The van der Waals surface area contributed by atoms with Gasteiger partial charge in [0.05, 0.1) is 26.4 Å². The topological polar surface area (TPSA) is 149 Å². The number of phosphoric acid groups is 1. The van der Waals surface area contributed by atoms with E-state index in [1.807, 2.05) is 0 Å². The molecule has 0 bridgehead atoms. The number of esters is 2. The maximum Gasteiger partial charge on any atom is 0.472 e. The van der Waals surface area contributed by atoms with Crippen LogP contribution in [0.2, 0.25) is 0 Å². The Bertz CT molecular complexity index is 879. The summed E-state index contributed by atoms with van der Waals surface area (Å²) in [6, 6.07) is 0. The number of hydrogen-bond acceptors (Lipinski definition) is 9. The predicted molar refractivity (Wildman–Crippen MR) is 196 cm³/mol.